The van der Waals surface area contributed by atoms with Gasteiger partial charge in [-0.1, -0.05) is 12.1 Å². The summed E-state index contributed by atoms with van der Waals surface area (Å²) in [6.45, 7) is 2.04. The van der Waals surface area contributed by atoms with Gasteiger partial charge in [0.15, 0.2) is 6.10 Å². The fraction of sp³-hybridized carbons (Fsp3) is 0.348. The minimum absolute atomic E-state index is 0.146. The Morgan fingerprint density at radius 1 is 1.00 bits per heavy atom. The van der Waals surface area contributed by atoms with Crippen molar-refractivity contribution in [1.29, 1.82) is 0 Å². The number of ether oxygens (including phenoxy) is 4. The number of hydrogen-bond donors (Lipinski definition) is 0. The van der Waals surface area contributed by atoms with E-state index in [-0.39, 0.29) is 12.5 Å². The minimum Gasteiger partial charge on any atom is -0.497 e. The molecule has 9 heteroatoms. The van der Waals surface area contributed by atoms with E-state index >= 15 is 0 Å². The molecule has 0 aliphatic heterocycles. The molecule has 0 aliphatic carbocycles. The molecule has 1 aromatic heterocycles. The number of carbonyl (C=O) groups excluding carboxylic acids is 1. The maximum absolute atomic E-state index is 12.9. The van der Waals surface area contributed by atoms with Crippen molar-refractivity contribution in [3.63, 3.8) is 0 Å². The molecule has 0 fully saturated rings. The monoisotopic (exact) mass is 441 g/mol. The molecule has 0 radical (unpaired) electrons. The highest BCUT2D eigenvalue weighted by molar-refractivity contribution is 5.81. The normalized spacial score (nSPS) is 11.5. The van der Waals surface area contributed by atoms with Crippen molar-refractivity contribution in [2.45, 2.75) is 26.0 Å². The number of hydrogen-bond acceptors (Lipinski definition) is 8. The molecule has 3 rings (SSSR count). The molecule has 0 bridgehead atoms. The number of rotatable bonds is 10. The molecule has 3 aromatic rings. The Bertz CT molecular complexity index is 1030. The maximum atomic E-state index is 12.9. The summed E-state index contributed by atoms with van der Waals surface area (Å²) >= 11 is 0. The smallest absolute Gasteiger partial charge is 0.263 e. The second kappa shape index (κ2) is 10.5. The van der Waals surface area contributed by atoms with Gasteiger partial charge in [-0.15, -0.1) is 0 Å². The van der Waals surface area contributed by atoms with E-state index in [1.165, 1.54) is 4.90 Å². The molecule has 0 spiro atoms. The van der Waals surface area contributed by atoms with Crippen LogP contribution in [-0.4, -0.2) is 55.4 Å². The van der Waals surface area contributed by atoms with Crippen LogP contribution in [0.1, 0.15) is 19.2 Å². The van der Waals surface area contributed by atoms with E-state index < -0.39 is 6.10 Å². The van der Waals surface area contributed by atoms with Crippen LogP contribution >= 0.6 is 0 Å². The average molecular weight is 441 g/mol. The Morgan fingerprint density at radius 3 is 2.28 bits per heavy atom. The van der Waals surface area contributed by atoms with Gasteiger partial charge in [-0.05, 0) is 42.8 Å². The summed E-state index contributed by atoms with van der Waals surface area (Å²) < 4.78 is 27.0. The first-order valence-corrected chi connectivity index (χ1v) is 10.1. The van der Waals surface area contributed by atoms with E-state index in [9.17, 15) is 4.79 Å². The largest absolute Gasteiger partial charge is 0.497 e. The second-order valence-electron chi connectivity index (χ2n) is 6.96. The molecular weight excluding hydrogens is 414 g/mol. The van der Waals surface area contributed by atoms with Crippen LogP contribution < -0.4 is 18.9 Å². The first kappa shape index (κ1) is 22.9. The topological polar surface area (TPSA) is 96.2 Å². The van der Waals surface area contributed by atoms with Crippen LogP contribution in [0, 0.1) is 0 Å². The third kappa shape index (κ3) is 5.29. The van der Waals surface area contributed by atoms with Gasteiger partial charge in [0.05, 0.1) is 33.4 Å². The Kier molecular flexibility index (Phi) is 7.54. The third-order valence-corrected chi connectivity index (χ3v) is 4.85. The molecule has 0 aliphatic rings. The average Bonchev–Trinajstić information content (AvgIpc) is 3.30. The Balaban J connectivity index is 1.68. The van der Waals surface area contributed by atoms with Crippen molar-refractivity contribution in [2.24, 2.45) is 0 Å². The summed E-state index contributed by atoms with van der Waals surface area (Å²) in [5, 5.41) is 4.02. The standard InChI is InChI=1S/C23H27N3O6/c1-6-19(31-16-9-7-15(28-3)8-10-16)23(27)26(2)14-21-24-22(25-32-21)18-12-11-17(29-4)13-20(18)30-5/h7-13,19H,6,14H2,1-5H3/t19-/m0/s1. The van der Waals surface area contributed by atoms with E-state index in [0.29, 0.717) is 40.9 Å². The molecule has 32 heavy (non-hydrogen) atoms. The summed E-state index contributed by atoms with van der Waals surface area (Å²) in [5.41, 5.74) is 0.659. The van der Waals surface area contributed by atoms with Gasteiger partial charge in [-0.2, -0.15) is 4.98 Å². The van der Waals surface area contributed by atoms with E-state index in [0.717, 1.165) is 5.75 Å². The van der Waals surface area contributed by atoms with Crippen LogP contribution in [0.3, 0.4) is 0 Å². The number of nitrogens with zero attached hydrogens (tertiary/aromatic N) is 3. The first-order valence-electron chi connectivity index (χ1n) is 10.1. The lowest BCUT2D eigenvalue weighted by atomic mass is 10.2. The van der Waals surface area contributed by atoms with Crippen molar-refractivity contribution in [1.82, 2.24) is 15.0 Å². The number of methoxy groups -OCH3 is 3. The fourth-order valence-electron chi connectivity index (χ4n) is 3.07. The van der Waals surface area contributed by atoms with Crippen molar-refractivity contribution < 1.29 is 28.3 Å². The minimum atomic E-state index is -0.641. The Labute approximate surface area is 186 Å². The van der Waals surface area contributed by atoms with Crippen LogP contribution in [0.25, 0.3) is 11.4 Å². The molecule has 1 amide bonds. The quantitative estimate of drug-likeness (QED) is 0.471. The van der Waals surface area contributed by atoms with E-state index in [4.69, 9.17) is 23.5 Å². The van der Waals surface area contributed by atoms with Gasteiger partial charge in [-0.25, -0.2) is 0 Å². The summed E-state index contributed by atoms with van der Waals surface area (Å²) in [7, 11) is 6.40. The third-order valence-electron chi connectivity index (χ3n) is 4.85. The van der Waals surface area contributed by atoms with E-state index in [1.54, 1.807) is 70.8 Å². The molecule has 0 unspecified atom stereocenters. The Hall–Kier alpha value is -3.75. The second-order valence-corrected chi connectivity index (χ2v) is 6.96. The van der Waals surface area contributed by atoms with Gasteiger partial charge in [0, 0.05) is 13.1 Å². The molecular formula is C23H27N3O6. The van der Waals surface area contributed by atoms with Crippen LogP contribution in [0.5, 0.6) is 23.0 Å². The lowest BCUT2D eigenvalue weighted by Crippen LogP contribution is -2.39. The fourth-order valence-corrected chi connectivity index (χ4v) is 3.07. The predicted molar refractivity (Wildman–Crippen MR) is 117 cm³/mol. The van der Waals surface area contributed by atoms with Crippen LogP contribution in [0.15, 0.2) is 47.0 Å². The van der Waals surface area contributed by atoms with Gasteiger partial charge in [-0.3, -0.25) is 4.79 Å². The zero-order valence-corrected chi connectivity index (χ0v) is 18.8. The summed E-state index contributed by atoms with van der Waals surface area (Å²) in [6, 6.07) is 12.4. The van der Waals surface area contributed by atoms with Gasteiger partial charge in [0.1, 0.15) is 23.0 Å². The number of aromatic nitrogens is 2. The zero-order valence-electron chi connectivity index (χ0n) is 18.8. The highest BCUT2D eigenvalue weighted by atomic mass is 16.5. The molecule has 0 saturated heterocycles. The lowest BCUT2D eigenvalue weighted by Gasteiger charge is -2.22. The first-order chi connectivity index (χ1) is 15.5. The van der Waals surface area contributed by atoms with Crippen LogP contribution in [0.2, 0.25) is 0 Å². The molecule has 0 N–H and O–H groups in total. The molecule has 1 heterocycles. The number of amides is 1. The van der Waals surface area contributed by atoms with E-state index in [2.05, 4.69) is 10.1 Å². The number of carbonyl (C=O) groups is 1. The highest BCUT2D eigenvalue weighted by Gasteiger charge is 2.24. The number of benzene rings is 2. The maximum Gasteiger partial charge on any atom is 0.263 e. The van der Waals surface area contributed by atoms with Crippen molar-refractivity contribution in [3.8, 4) is 34.4 Å². The zero-order chi connectivity index (χ0) is 23.1. The van der Waals surface area contributed by atoms with E-state index in [1.807, 2.05) is 6.92 Å². The molecule has 0 saturated carbocycles. The summed E-state index contributed by atoms with van der Waals surface area (Å²) in [4.78, 5) is 18.8. The summed E-state index contributed by atoms with van der Waals surface area (Å²) in [5.74, 6) is 2.99. The predicted octanol–water partition coefficient (Wildman–Crippen LogP) is 3.58. The molecule has 170 valence electrons. The van der Waals surface area contributed by atoms with Gasteiger partial charge >= 0.3 is 0 Å². The highest BCUT2D eigenvalue weighted by Crippen LogP contribution is 2.31. The van der Waals surface area contributed by atoms with Crippen LogP contribution in [-0.2, 0) is 11.3 Å². The SMILES string of the molecule is CC[C@H](Oc1ccc(OC)cc1)C(=O)N(C)Cc1nc(-c2ccc(OC)cc2OC)no1. The van der Waals surface area contributed by atoms with Crippen molar-refractivity contribution in [2.75, 3.05) is 28.4 Å². The molecule has 2 aromatic carbocycles. The van der Waals surface area contributed by atoms with Gasteiger partial charge in [0.2, 0.25) is 11.7 Å². The van der Waals surface area contributed by atoms with Crippen LogP contribution in [0.4, 0.5) is 0 Å². The molecule has 1 atom stereocenters. The number of likely N-dealkylation sites (N-methyl/N-ethyl adjacent to an activating group) is 1. The lowest BCUT2D eigenvalue weighted by molar-refractivity contribution is -0.138. The van der Waals surface area contributed by atoms with Gasteiger partial charge in [0.25, 0.3) is 5.91 Å². The van der Waals surface area contributed by atoms with Gasteiger partial charge < -0.3 is 28.4 Å². The molecule has 9 nitrogen and oxygen atoms in total. The van der Waals surface area contributed by atoms with Crippen molar-refractivity contribution >= 4 is 5.91 Å². The van der Waals surface area contributed by atoms with Crippen molar-refractivity contribution in [3.05, 3.63) is 48.4 Å². The Morgan fingerprint density at radius 2 is 1.66 bits per heavy atom. The summed E-state index contributed by atoms with van der Waals surface area (Å²) in [6.07, 6.45) is -0.134.